The predicted molar refractivity (Wildman–Crippen MR) is 73.6 cm³/mol. The van der Waals surface area contributed by atoms with Gasteiger partial charge >= 0.3 is 5.97 Å². The lowest BCUT2D eigenvalue weighted by molar-refractivity contribution is -0.146. The van der Waals surface area contributed by atoms with Crippen LogP contribution in [0.25, 0.3) is 0 Å². The summed E-state index contributed by atoms with van der Waals surface area (Å²) in [5.41, 5.74) is -0.976. The fourth-order valence-corrected chi connectivity index (χ4v) is 2.21. The topological polar surface area (TPSA) is 92.4 Å². The molecule has 0 aliphatic carbocycles. The van der Waals surface area contributed by atoms with Gasteiger partial charge in [0.2, 0.25) is 0 Å². The molecule has 0 aromatic heterocycles. The first kappa shape index (κ1) is 17.2. The Morgan fingerprint density at radius 1 is 1.50 bits per heavy atom. The number of hydrogen-bond donors (Lipinski definition) is 3. The van der Waals surface area contributed by atoms with Crippen molar-refractivity contribution in [2.75, 3.05) is 0 Å². The molecule has 0 bridgehead atoms. The first-order valence-electron chi connectivity index (χ1n) is 6.28. The fourth-order valence-electron chi connectivity index (χ4n) is 1.91. The zero-order valence-corrected chi connectivity index (χ0v) is 12.2. The quantitative estimate of drug-likeness (QED) is 0.624. The smallest absolute Gasteiger partial charge is 0.323 e. The summed E-state index contributed by atoms with van der Waals surface area (Å²) in [5, 5.41) is 20.3. The van der Waals surface area contributed by atoms with E-state index in [0.717, 1.165) is 12.8 Å². The van der Waals surface area contributed by atoms with Crippen molar-refractivity contribution in [2.24, 2.45) is 5.14 Å². The van der Waals surface area contributed by atoms with Crippen LogP contribution in [0.5, 0.6) is 0 Å². The Labute approximate surface area is 111 Å². The van der Waals surface area contributed by atoms with Crippen molar-refractivity contribution in [2.45, 2.75) is 64.5 Å². The number of carbonyl (C=O) groups is 1. The van der Waals surface area contributed by atoms with Gasteiger partial charge in [0.1, 0.15) is 5.54 Å². The molecule has 0 aliphatic rings. The van der Waals surface area contributed by atoms with Gasteiger partial charge in [0.25, 0.3) is 0 Å². The number of rotatable bonds is 8. The van der Waals surface area contributed by atoms with E-state index in [2.05, 4.69) is 10.5 Å². The summed E-state index contributed by atoms with van der Waals surface area (Å²) in [6.45, 7) is 5.91. The summed E-state index contributed by atoms with van der Waals surface area (Å²) in [4.78, 5) is 11.5. The van der Waals surface area contributed by atoms with Gasteiger partial charge in [-0.3, -0.25) is 10.1 Å². The third-order valence-electron chi connectivity index (χ3n) is 3.02. The van der Waals surface area contributed by atoms with E-state index in [9.17, 15) is 14.1 Å². The SMILES string of the molecule is CCC[C@@](CCC#S(N)=O)(NC(C)CC)C(=O)O. The Kier molecular flexibility index (Phi) is 7.95. The number of carboxylic acid groups (broad SMARTS) is 1. The summed E-state index contributed by atoms with van der Waals surface area (Å²) >= 11 is 0. The molecule has 106 valence electrons. The average molecular weight is 276 g/mol. The highest BCUT2D eigenvalue weighted by Crippen LogP contribution is 2.21. The monoisotopic (exact) mass is 276 g/mol. The summed E-state index contributed by atoms with van der Waals surface area (Å²) < 4.78 is 10.7. The molecule has 1 unspecified atom stereocenters. The van der Waals surface area contributed by atoms with Gasteiger partial charge in [-0.1, -0.05) is 20.3 Å². The second-order valence-corrected chi connectivity index (χ2v) is 5.42. The molecular formula is C12H24N2O3S. The molecule has 0 saturated carbocycles. The van der Waals surface area contributed by atoms with Crippen molar-refractivity contribution in [3.05, 3.63) is 0 Å². The lowest BCUT2D eigenvalue weighted by Crippen LogP contribution is -2.55. The Morgan fingerprint density at radius 3 is 2.50 bits per heavy atom. The molecule has 0 amide bonds. The van der Waals surface area contributed by atoms with Gasteiger partial charge in [-0.2, -0.15) is 0 Å². The lowest BCUT2D eigenvalue weighted by Gasteiger charge is -2.33. The minimum atomic E-state index is -1.60. The molecule has 4 N–H and O–H groups in total. The molecule has 0 aliphatic heterocycles. The molecule has 0 saturated heterocycles. The second kappa shape index (κ2) is 8.32. The molecule has 0 heterocycles. The maximum absolute atomic E-state index is 11.5. The maximum atomic E-state index is 11.5. The van der Waals surface area contributed by atoms with Crippen molar-refractivity contribution in [1.29, 1.82) is 0 Å². The van der Waals surface area contributed by atoms with Gasteiger partial charge in [-0.25, -0.2) is 9.35 Å². The van der Waals surface area contributed by atoms with E-state index in [-0.39, 0.29) is 6.04 Å². The standard InChI is InChI=1S/C12H24N2O3S/c1-4-7-12(11(15)16,14-10(3)5-2)8-6-9-18(13)17/h10,14H,4-8H2,1-3H3,(H2,13,17)(H,15,16)/t10?,12-/m0/s1. The molecule has 0 rings (SSSR count). The average Bonchev–Trinajstić information content (AvgIpc) is 2.28. The van der Waals surface area contributed by atoms with Crippen LogP contribution in [0.15, 0.2) is 0 Å². The molecule has 5 nitrogen and oxygen atoms in total. The Hall–Kier alpha value is -0.810. The first-order valence-corrected chi connectivity index (χ1v) is 7.50. The van der Waals surface area contributed by atoms with Crippen molar-refractivity contribution in [3.63, 3.8) is 0 Å². The minimum Gasteiger partial charge on any atom is -0.480 e. The third kappa shape index (κ3) is 5.69. The minimum absolute atomic E-state index is 0.121. The molecule has 0 aromatic carbocycles. The summed E-state index contributed by atoms with van der Waals surface area (Å²) in [6, 6.07) is 0.121. The highest BCUT2D eigenvalue weighted by atomic mass is 32.2. The highest BCUT2D eigenvalue weighted by Gasteiger charge is 2.37. The zero-order chi connectivity index (χ0) is 14.2. The van der Waals surface area contributed by atoms with Crippen LogP contribution in [-0.4, -0.2) is 26.9 Å². The summed E-state index contributed by atoms with van der Waals surface area (Å²) in [5.74, 6) is -0.866. The van der Waals surface area contributed by atoms with E-state index in [1.165, 1.54) is 0 Å². The van der Waals surface area contributed by atoms with Crippen molar-refractivity contribution in [3.8, 4) is 5.18 Å². The number of nitrogens with one attached hydrogen (secondary N) is 1. The van der Waals surface area contributed by atoms with Gasteiger partial charge in [-0.15, -0.1) is 0 Å². The van der Waals surface area contributed by atoms with E-state index in [0.29, 0.717) is 19.3 Å². The van der Waals surface area contributed by atoms with Crippen molar-refractivity contribution < 1.29 is 14.1 Å². The summed E-state index contributed by atoms with van der Waals surface area (Å²) in [6.07, 6.45) is 2.81. The van der Waals surface area contributed by atoms with E-state index in [1.54, 1.807) is 0 Å². The van der Waals surface area contributed by atoms with Gasteiger partial charge in [0, 0.05) is 12.5 Å². The molecule has 0 fully saturated rings. The normalized spacial score (nSPS) is 15.6. The Balaban J connectivity index is 4.96. The largest absolute Gasteiger partial charge is 0.480 e. The first-order chi connectivity index (χ1) is 8.38. The van der Waals surface area contributed by atoms with Crippen LogP contribution in [0.4, 0.5) is 0 Å². The number of aliphatic carboxylic acids is 1. The molecule has 0 radical (unpaired) electrons. The van der Waals surface area contributed by atoms with Crippen LogP contribution in [-0.2, 0) is 15.2 Å². The van der Waals surface area contributed by atoms with Crippen LogP contribution in [0.1, 0.15) is 52.9 Å². The number of carboxylic acids is 1. The molecule has 0 spiro atoms. The van der Waals surface area contributed by atoms with E-state index in [1.807, 2.05) is 20.8 Å². The predicted octanol–water partition coefficient (Wildman–Crippen LogP) is 1.36. The third-order valence-corrected chi connectivity index (χ3v) is 3.51. The van der Waals surface area contributed by atoms with Gasteiger partial charge in [0.05, 0.1) is 10.4 Å². The van der Waals surface area contributed by atoms with E-state index >= 15 is 0 Å². The van der Waals surface area contributed by atoms with Crippen molar-refractivity contribution >= 4 is 16.4 Å². The maximum Gasteiger partial charge on any atom is 0.323 e. The van der Waals surface area contributed by atoms with Crippen LogP contribution in [0.2, 0.25) is 0 Å². The van der Waals surface area contributed by atoms with Gasteiger partial charge in [-0.05, 0) is 31.4 Å². The fraction of sp³-hybridized carbons (Fsp3) is 0.833. The molecule has 6 heteroatoms. The van der Waals surface area contributed by atoms with Crippen LogP contribution >= 0.6 is 0 Å². The van der Waals surface area contributed by atoms with Crippen molar-refractivity contribution in [1.82, 2.24) is 5.32 Å². The lowest BCUT2D eigenvalue weighted by atomic mass is 9.87. The zero-order valence-electron chi connectivity index (χ0n) is 11.4. The molecule has 0 aromatic rings. The Morgan fingerprint density at radius 2 is 2.11 bits per heavy atom. The summed E-state index contributed by atoms with van der Waals surface area (Å²) in [7, 11) is -1.60. The highest BCUT2D eigenvalue weighted by molar-refractivity contribution is 7.71. The van der Waals surface area contributed by atoms with Crippen LogP contribution in [0.3, 0.4) is 0 Å². The van der Waals surface area contributed by atoms with Gasteiger partial charge in [0.15, 0.2) is 0 Å². The number of hydrogen-bond acceptors (Lipinski definition) is 3. The van der Waals surface area contributed by atoms with E-state index in [4.69, 9.17) is 5.14 Å². The van der Waals surface area contributed by atoms with Gasteiger partial charge < -0.3 is 5.11 Å². The molecule has 18 heavy (non-hydrogen) atoms. The molecular weight excluding hydrogens is 252 g/mol. The second-order valence-electron chi connectivity index (χ2n) is 4.53. The van der Waals surface area contributed by atoms with Crippen LogP contribution < -0.4 is 10.5 Å². The Bertz CT molecular complexity index is 402. The number of nitrogens with two attached hydrogens (primary N) is 1. The molecule has 2 atom stereocenters. The van der Waals surface area contributed by atoms with E-state index < -0.39 is 21.9 Å². The van der Waals surface area contributed by atoms with Crippen LogP contribution in [0, 0.1) is 5.18 Å².